The number of pyridine rings is 2. The van der Waals surface area contributed by atoms with Crippen molar-refractivity contribution < 1.29 is 9.47 Å². The van der Waals surface area contributed by atoms with Gasteiger partial charge in [0.1, 0.15) is 22.5 Å². The Hall–Kier alpha value is -3.02. The average molecular weight is 468 g/mol. The van der Waals surface area contributed by atoms with E-state index in [0.29, 0.717) is 33.9 Å². The van der Waals surface area contributed by atoms with Crippen molar-refractivity contribution in [2.24, 2.45) is 0 Å². The van der Waals surface area contributed by atoms with E-state index >= 15 is 0 Å². The van der Waals surface area contributed by atoms with E-state index in [1.165, 1.54) is 5.56 Å². The van der Waals surface area contributed by atoms with E-state index in [0.717, 1.165) is 34.1 Å². The highest BCUT2D eigenvalue weighted by atomic mass is 35.5. The number of fused-ring (bicyclic) bond motifs is 1. The second-order valence-electron chi connectivity index (χ2n) is 7.34. The zero-order valence-electron chi connectivity index (χ0n) is 18.1. The lowest BCUT2D eigenvalue weighted by molar-refractivity contribution is 0.393. The second-order valence-corrected chi connectivity index (χ2v) is 8.11. The molecule has 0 saturated heterocycles. The van der Waals surface area contributed by atoms with E-state index < -0.39 is 0 Å². The van der Waals surface area contributed by atoms with Crippen LogP contribution < -0.4 is 14.8 Å². The summed E-state index contributed by atoms with van der Waals surface area (Å²) in [5.41, 5.74) is 3.58. The van der Waals surface area contributed by atoms with Gasteiger partial charge in [0, 0.05) is 40.7 Å². The number of methoxy groups -OCH3 is 2. The molecule has 4 aromatic rings. The minimum Gasteiger partial charge on any atom is -0.496 e. The van der Waals surface area contributed by atoms with Crippen LogP contribution in [-0.4, -0.2) is 30.7 Å². The van der Waals surface area contributed by atoms with Crippen LogP contribution >= 0.6 is 23.2 Å². The maximum absolute atomic E-state index is 6.71. The van der Waals surface area contributed by atoms with Gasteiger partial charge in [-0.3, -0.25) is 0 Å². The van der Waals surface area contributed by atoms with Crippen molar-refractivity contribution in [3.8, 4) is 22.8 Å². The summed E-state index contributed by atoms with van der Waals surface area (Å²) in [6.45, 7) is 2.66. The quantitative estimate of drug-likeness (QED) is 0.311. The Kier molecular flexibility index (Phi) is 6.68. The summed E-state index contributed by atoms with van der Waals surface area (Å²) >= 11 is 12.9. The van der Waals surface area contributed by atoms with Crippen molar-refractivity contribution in [3.63, 3.8) is 0 Å². The number of nitrogens with one attached hydrogen (secondary N) is 1. The molecule has 2 heterocycles. The summed E-state index contributed by atoms with van der Waals surface area (Å²) in [6, 6.07) is 15.9. The molecule has 4 rings (SSSR count). The summed E-state index contributed by atoms with van der Waals surface area (Å²) in [4.78, 5) is 9.17. The summed E-state index contributed by atoms with van der Waals surface area (Å²) in [7, 11) is 3.20. The van der Waals surface area contributed by atoms with Gasteiger partial charge in [0.05, 0.1) is 24.9 Å². The number of halogens is 2. The van der Waals surface area contributed by atoms with Crippen molar-refractivity contribution in [1.82, 2.24) is 9.97 Å². The van der Waals surface area contributed by atoms with Crippen LogP contribution in [0.1, 0.15) is 11.1 Å². The Bertz CT molecular complexity index is 1240. The van der Waals surface area contributed by atoms with Crippen LogP contribution in [0.15, 0.2) is 54.7 Å². The fourth-order valence-corrected chi connectivity index (χ4v) is 4.25. The molecule has 1 N–H and O–H groups in total. The fraction of sp³-hybridized carbons (Fsp3) is 0.200. The molecule has 0 atom stereocenters. The van der Waals surface area contributed by atoms with Crippen molar-refractivity contribution in [3.05, 3.63) is 76.0 Å². The fourth-order valence-electron chi connectivity index (χ4n) is 3.72. The van der Waals surface area contributed by atoms with Crippen LogP contribution in [0.2, 0.25) is 10.2 Å². The highest BCUT2D eigenvalue weighted by molar-refractivity contribution is 6.35. The number of nitrogens with zero attached hydrogens (tertiary/aromatic N) is 2. The van der Waals surface area contributed by atoms with Crippen molar-refractivity contribution >= 4 is 39.8 Å². The van der Waals surface area contributed by atoms with Crippen LogP contribution in [0.25, 0.3) is 22.0 Å². The molecule has 0 radical (unpaired) electrons. The maximum Gasteiger partial charge on any atom is 0.141 e. The predicted molar refractivity (Wildman–Crippen MR) is 131 cm³/mol. The van der Waals surface area contributed by atoms with Crippen LogP contribution in [0.5, 0.6) is 11.5 Å². The number of aromatic nitrogens is 2. The molecular weight excluding hydrogens is 445 g/mol. The van der Waals surface area contributed by atoms with Crippen molar-refractivity contribution in [2.75, 3.05) is 26.1 Å². The molecule has 2 aromatic heterocycles. The molecule has 5 nitrogen and oxygen atoms in total. The van der Waals surface area contributed by atoms with Gasteiger partial charge < -0.3 is 14.8 Å². The summed E-state index contributed by atoms with van der Waals surface area (Å²) in [6.07, 6.45) is 2.60. The van der Waals surface area contributed by atoms with Crippen LogP contribution in [-0.2, 0) is 6.42 Å². The highest BCUT2D eigenvalue weighted by Gasteiger charge is 2.20. The molecule has 0 spiro atoms. The van der Waals surface area contributed by atoms with Crippen LogP contribution in [0, 0.1) is 6.92 Å². The van der Waals surface area contributed by atoms with Gasteiger partial charge in [0.2, 0.25) is 0 Å². The summed E-state index contributed by atoms with van der Waals surface area (Å²) < 4.78 is 11.0. The van der Waals surface area contributed by atoms with E-state index in [-0.39, 0.29) is 0 Å². The number of rotatable bonds is 7. The molecule has 0 unspecified atom stereocenters. The summed E-state index contributed by atoms with van der Waals surface area (Å²) in [5, 5.41) is 6.16. The standard InChI is InChI=1S/C25H23Cl2N3O2/c1-15-20(31-2)13-21(32-3)24(27)23(15)19-11-17-14-29-22(26)12-18(17)25(30-19)28-10-9-16-7-5-4-6-8-16/h4-8,11-14H,9-10H2,1-3H3,(H,28,30). The average Bonchev–Trinajstić information content (AvgIpc) is 2.80. The van der Waals surface area contributed by atoms with Gasteiger partial charge in [0.15, 0.2) is 0 Å². The predicted octanol–water partition coefficient (Wildman–Crippen LogP) is 6.58. The van der Waals surface area contributed by atoms with Crippen molar-refractivity contribution in [1.29, 1.82) is 0 Å². The Morgan fingerprint density at radius 2 is 1.72 bits per heavy atom. The smallest absolute Gasteiger partial charge is 0.141 e. The SMILES string of the molecule is COc1cc(OC)c(Cl)c(-c2cc3cnc(Cl)cc3c(NCCc3ccccc3)n2)c1C. The Balaban J connectivity index is 1.81. The molecule has 164 valence electrons. The van der Waals surface area contributed by atoms with Crippen LogP contribution in [0.4, 0.5) is 5.82 Å². The Morgan fingerprint density at radius 1 is 0.969 bits per heavy atom. The molecule has 0 fully saturated rings. The number of benzene rings is 2. The van der Waals surface area contributed by atoms with Crippen molar-refractivity contribution in [2.45, 2.75) is 13.3 Å². The molecular formula is C25H23Cl2N3O2. The zero-order chi connectivity index (χ0) is 22.7. The van der Waals surface area contributed by atoms with E-state index in [9.17, 15) is 0 Å². The Labute approximate surface area is 197 Å². The first kappa shape index (κ1) is 22.2. The summed E-state index contributed by atoms with van der Waals surface area (Å²) in [5.74, 6) is 1.92. The van der Waals surface area contributed by atoms with E-state index in [4.69, 9.17) is 37.7 Å². The first-order chi connectivity index (χ1) is 15.5. The molecule has 0 amide bonds. The van der Waals surface area contributed by atoms with Crippen LogP contribution in [0.3, 0.4) is 0 Å². The van der Waals surface area contributed by atoms with Gasteiger partial charge in [-0.1, -0.05) is 53.5 Å². The van der Waals surface area contributed by atoms with Gasteiger partial charge in [-0.25, -0.2) is 9.97 Å². The van der Waals surface area contributed by atoms with Gasteiger partial charge in [0.25, 0.3) is 0 Å². The number of hydrogen-bond acceptors (Lipinski definition) is 5. The largest absolute Gasteiger partial charge is 0.496 e. The maximum atomic E-state index is 6.71. The molecule has 2 aromatic carbocycles. The third-order valence-corrected chi connectivity index (χ3v) is 5.95. The molecule has 0 bridgehead atoms. The van der Waals surface area contributed by atoms with E-state index in [1.807, 2.05) is 37.3 Å². The monoisotopic (exact) mass is 467 g/mol. The molecule has 0 saturated carbocycles. The van der Waals surface area contributed by atoms with E-state index in [2.05, 4.69) is 22.4 Å². The minimum absolute atomic E-state index is 0.412. The molecule has 7 heteroatoms. The number of anilines is 1. The topological polar surface area (TPSA) is 56.3 Å². The minimum atomic E-state index is 0.412. The highest BCUT2D eigenvalue weighted by Crippen LogP contribution is 2.43. The lowest BCUT2D eigenvalue weighted by Crippen LogP contribution is -2.08. The normalized spacial score (nSPS) is 10.9. The van der Waals surface area contributed by atoms with Gasteiger partial charge in [-0.05, 0) is 31.0 Å². The van der Waals surface area contributed by atoms with Gasteiger partial charge in [-0.15, -0.1) is 0 Å². The second kappa shape index (κ2) is 9.63. The first-order valence-electron chi connectivity index (χ1n) is 10.2. The third-order valence-electron chi connectivity index (χ3n) is 5.37. The third kappa shape index (κ3) is 4.45. The van der Waals surface area contributed by atoms with Gasteiger partial charge in [-0.2, -0.15) is 0 Å². The van der Waals surface area contributed by atoms with E-state index in [1.54, 1.807) is 26.5 Å². The molecule has 0 aliphatic carbocycles. The number of hydrogen-bond donors (Lipinski definition) is 1. The molecule has 0 aliphatic rings. The first-order valence-corrected chi connectivity index (χ1v) is 10.9. The Morgan fingerprint density at radius 3 is 2.44 bits per heavy atom. The lowest BCUT2D eigenvalue weighted by atomic mass is 10.0. The lowest BCUT2D eigenvalue weighted by Gasteiger charge is -2.17. The zero-order valence-corrected chi connectivity index (χ0v) is 19.6. The molecule has 32 heavy (non-hydrogen) atoms. The van der Waals surface area contributed by atoms with Gasteiger partial charge >= 0.3 is 0 Å². The number of ether oxygens (including phenoxy) is 2. The molecule has 0 aliphatic heterocycles.